The molecule has 0 aromatic carbocycles. The summed E-state index contributed by atoms with van der Waals surface area (Å²) in [6.07, 6.45) is 4.92. The number of rotatable bonds is 8. The molecule has 2 rings (SSSR count). The van der Waals surface area contributed by atoms with Crippen LogP contribution in [0.2, 0.25) is 0 Å². The van der Waals surface area contributed by atoms with Gasteiger partial charge in [-0.25, -0.2) is 4.68 Å². The van der Waals surface area contributed by atoms with Gasteiger partial charge in [0.25, 0.3) is 0 Å². The fourth-order valence-electron chi connectivity index (χ4n) is 2.71. The van der Waals surface area contributed by atoms with Gasteiger partial charge in [-0.15, -0.1) is 5.10 Å². The van der Waals surface area contributed by atoms with E-state index in [-0.39, 0.29) is 0 Å². The van der Waals surface area contributed by atoms with Crippen LogP contribution in [0.5, 0.6) is 0 Å². The molecule has 1 fully saturated rings. The summed E-state index contributed by atoms with van der Waals surface area (Å²) in [5.74, 6) is -0.0349. The summed E-state index contributed by atoms with van der Waals surface area (Å²) >= 11 is 0. The number of nitrogens with zero attached hydrogens (tertiary/aromatic N) is 4. The van der Waals surface area contributed by atoms with E-state index in [0.717, 1.165) is 25.9 Å². The summed E-state index contributed by atoms with van der Waals surface area (Å²) in [6, 6.07) is 0. The van der Waals surface area contributed by atoms with Crippen molar-refractivity contribution in [3.63, 3.8) is 0 Å². The molecule has 1 aromatic rings. The number of carboxylic acids is 1. The van der Waals surface area contributed by atoms with Crippen LogP contribution in [0, 0.1) is 5.41 Å². The molecular weight excluding hydrogens is 260 g/mol. The molecule has 1 saturated carbocycles. The number of carbonyl (C=O) groups is 1. The molecule has 0 saturated heterocycles. The zero-order valence-electron chi connectivity index (χ0n) is 11.9. The highest BCUT2D eigenvalue weighted by atomic mass is 16.5. The molecule has 20 heavy (non-hydrogen) atoms. The number of hydrogen-bond donors (Lipinski definition) is 1. The van der Waals surface area contributed by atoms with E-state index in [1.807, 2.05) is 0 Å². The van der Waals surface area contributed by atoms with Crippen LogP contribution in [0.4, 0.5) is 0 Å². The topological polar surface area (TPSA) is 90.1 Å². The van der Waals surface area contributed by atoms with Crippen LogP contribution in [-0.2, 0) is 22.5 Å². The Balaban J connectivity index is 1.98. The summed E-state index contributed by atoms with van der Waals surface area (Å²) < 4.78 is 7.06. The maximum absolute atomic E-state index is 11.6. The fourth-order valence-corrected chi connectivity index (χ4v) is 2.71. The maximum atomic E-state index is 11.6. The van der Waals surface area contributed by atoms with Crippen LogP contribution in [-0.4, -0.2) is 44.5 Å². The second kappa shape index (κ2) is 6.78. The standard InChI is InChI=1S/C13H22N4O3/c1-2-8-20-9-5-11-14-15-16-17(11)10-13(12(18)19)6-3-4-7-13/h2-10H2,1H3,(H,18,19). The third kappa shape index (κ3) is 3.33. The van der Waals surface area contributed by atoms with Crippen LogP contribution < -0.4 is 0 Å². The molecule has 1 aromatic heterocycles. The number of tetrazole rings is 1. The predicted octanol–water partition coefficient (Wildman–Crippen LogP) is 1.29. The monoisotopic (exact) mass is 282 g/mol. The van der Waals surface area contributed by atoms with Gasteiger partial charge < -0.3 is 9.84 Å². The fraction of sp³-hybridized carbons (Fsp3) is 0.846. The van der Waals surface area contributed by atoms with Gasteiger partial charge in [0.1, 0.15) is 0 Å². The number of aliphatic carboxylic acids is 1. The molecule has 1 heterocycles. The van der Waals surface area contributed by atoms with Crippen LogP contribution in [0.25, 0.3) is 0 Å². The van der Waals surface area contributed by atoms with Crippen molar-refractivity contribution in [2.45, 2.75) is 52.0 Å². The molecule has 1 aliphatic rings. The van der Waals surface area contributed by atoms with Crippen molar-refractivity contribution in [3.05, 3.63) is 5.82 Å². The molecule has 0 aliphatic heterocycles. The van der Waals surface area contributed by atoms with E-state index < -0.39 is 11.4 Å². The first-order valence-corrected chi connectivity index (χ1v) is 7.24. The van der Waals surface area contributed by atoms with E-state index in [1.165, 1.54) is 0 Å². The lowest BCUT2D eigenvalue weighted by Gasteiger charge is -2.23. The minimum atomic E-state index is -0.737. The SMILES string of the molecule is CCCOCCc1nnnn1CC1(C(=O)O)CCCC1. The zero-order valence-corrected chi connectivity index (χ0v) is 11.9. The van der Waals surface area contributed by atoms with E-state index in [9.17, 15) is 9.90 Å². The summed E-state index contributed by atoms with van der Waals surface area (Å²) in [6.45, 7) is 3.70. The van der Waals surface area contributed by atoms with E-state index in [4.69, 9.17) is 4.74 Å². The van der Waals surface area contributed by atoms with Crippen molar-refractivity contribution in [1.82, 2.24) is 20.2 Å². The smallest absolute Gasteiger partial charge is 0.311 e. The molecule has 7 nitrogen and oxygen atoms in total. The van der Waals surface area contributed by atoms with Gasteiger partial charge in [0.2, 0.25) is 0 Å². The first-order valence-electron chi connectivity index (χ1n) is 7.24. The first kappa shape index (κ1) is 14.9. The van der Waals surface area contributed by atoms with Crippen molar-refractivity contribution in [2.24, 2.45) is 5.41 Å². The lowest BCUT2D eigenvalue weighted by molar-refractivity contribution is -0.149. The van der Waals surface area contributed by atoms with Crippen molar-refractivity contribution in [1.29, 1.82) is 0 Å². The average Bonchev–Trinajstić information content (AvgIpc) is 3.06. The van der Waals surface area contributed by atoms with Crippen LogP contribution in [0.15, 0.2) is 0 Å². The van der Waals surface area contributed by atoms with Crippen molar-refractivity contribution in [2.75, 3.05) is 13.2 Å². The Morgan fingerprint density at radius 2 is 2.15 bits per heavy atom. The van der Waals surface area contributed by atoms with E-state index in [0.29, 0.717) is 38.2 Å². The lowest BCUT2D eigenvalue weighted by atomic mass is 9.86. The Morgan fingerprint density at radius 1 is 1.40 bits per heavy atom. The van der Waals surface area contributed by atoms with Gasteiger partial charge in [-0.1, -0.05) is 19.8 Å². The molecule has 1 N–H and O–H groups in total. The Morgan fingerprint density at radius 3 is 2.80 bits per heavy atom. The molecule has 0 amide bonds. The Labute approximate surface area is 118 Å². The average molecular weight is 282 g/mol. The third-order valence-electron chi connectivity index (χ3n) is 3.89. The van der Waals surface area contributed by atoms with Crippen LogP contribution >= 0.6 is 0 Å². The third-order valence-corrected chi connectivity index (χ3v) is 3.89. The Bertz CT molecular complexity index is 441. The van der Waals surface area contributed by atoms with Gasteiger partial charge in [0, 0.05) is 13.0 Å². The van der Waals surface area contributed by atoms with Gasteiger partial charge in [-0.3, -0.25) is 4.79 Å². The number of ether oxygens (including phenoxy) is 1. The van der Waals surface area contributed by atoms with Gasteiger partial charge in [-0.2, -0.15) is 0 Å². The highest BCUT2D eigenvalue weighted by Gasteiger charge is 2.42. The molecule has 1 aliphatic carbocycles. The van der Waals surface area contributed by atoms with Crippen LogP contribution in [0.1, 0.15) is 44.9 Å². The molecule has 7 heteroatoms. The van der Waals surface area contributed by atoms with E-state index >= 15 is 0 Å². The summed E-state index contributed by atoms with van der Waals surface area (Å²) in [4.78, 5) is 11.6. The largest absolute Gasteiger partial charge is 0.481 e. The van der Waals surface area contributed by atoms with E-state index in [1.54, 1.807) is 4.68 Å². The van der Waals surface area contributed by atoms with Gasteiger partial charge in [0.15, 0.2) is 5.82 Å². The summed E-state index contributed by atoms with van der Waals surface area (Å²) in [5, 5.41) is 21.1. The highest BCUT2D eigenvalue weighted by Crippen LogP contribution is 2.39. The highest BCUT2D eigenvalue weighted by molar-refractivity contribution is 5.74. The summed E-state index contributed by atoms with van der Waals surface area (Å²) in [7, 11) is 0. The molecule has 0 unspecified atom stereocenters. The number of carboxylic acid groups (broad SMARTS) is 1. The van der Waals surface area contributed by atoms with E-state index in [2.05, 4.69) is 22.4 Å². The second-order valence-electron chi connectivity index (χ2n) is 5.41. The molecule has 0 atom stereocenters. The summed E-state index contributed by atoms with van der Waals surface area (Å²) in [5.41, 5.74) is -0.700. The molecule has 0 spiro atoms. The zero-order chi connectivity index (χ0) is 14.4. The van der Waals surface area contributed by atoms with Crippen molar-refractivity contribution in [3.8, 4) is 0 Å². The quantitative estimate of drug-likeness (QED) is 0.722. The molecule has 0 radical (unpaired) electrons. The lowest BCUT2D eigenvalue weighted by Crippen LogP contribution is -2.34. The molecule has 112 valence electrons. The Kier molecular flexibility index (Phi) is 5.05. The maximum Gasteiger partial charge on any atom is 0.311 e. The van der Waals surface area contributed by atoms with Gasteiger partial charge in [-0.05, 0) is 29.7 Å². The van der Waals surface area contributed by atoms with Crippen LogP contribution in [0.3, 0.4) is 0 Å². The van der Waals surface area contributed by atoms with Gasteiger partial charge >= 0.3 is 5.97 Å². The number of aromatic nitrogens is 4. The molecule has 0 bridgehead atoms. The minimum Gasteiger partial charge on any atom is -0.481 e. The van der Waals surface area contributed by atoms with Crippen molar-refractivity contribution < 1.29 is 14.6 Å². The van der Waals surface area contributed by atoms with Crippen molar-refractivity contribution >= 4 is 5.97 Å². The molecular formula is C13H22N4O3. The first-order chi connectivity index (χ1) is 9.68. The minimum absolute atomic E-state index is 0.360. The normalized spacial score (nSPS) is 17.4. The predicted molar refractivity (Wildman–Crippen MR) is 71.2 cm³/mol. The number of hydrogen-bond acceptors (Lipinski definition) is 5. The van der Waals surface area contributed by atoms with Gasteiger partial charge in [0.05, 0.1) is 18.6 Å². The Hall–Kier alpha value is -1.50. The second-order valence-corrected chi connectivity index (χ2v) is 5.41.